The van der Waals surface area contributed by atoms with Crippen molar-refractivity contribution >= 4 is 29.7 Å². The second-order valence-electron chi connectivity index (χ2n) is 7.30. The smallest absolute Gasteiger partial charge is 0.326 e. The number of carboxylic acid groups (broad SMARTS) is 2. The first kappa shape index (κ1) is 27.3. The third-order valence-corrected chi connectivity index (χ3v) is 4.12. The van der Waals surface area contributed by atoms with Crippen LogP contribution in [0.1, 0.15) is 46.0 Å². The highest BCUT2D eigenvalue weighted by Crippen LogP contribution is 2.07. The number of nitrogens with one attached hydrogen (secondary N) is 3. The summed E-state index contributed by atoms with van der Waals surface area (Å²) in [6.45, 7) is 3.65. The molecule has 0 radical (unpaired) electrons. The van der Waals surface area contributed by atoms with Crippen LogP contribution in [0, 0.1) is 5.92 Å². The van der Waals surface area contributed by atoms with Crippen molar-refractivity contribution in [2.75, 3.05) is 13.1 Å². The van der Waals surface area contributed by atoms with E-state index in [9.17, 15) is 29.1 Å². The van der Waals surface area contributed by atoms with E-state index in [-0.39, 0.29) is 25.3 Å². The van der Waals surface area contributed by atoms with Crippen LogP contribution in [0.2, 0.25) is 0 Å². The summed E-state index contributed by atoms with van der Waals surface area (Å²) in [5.74, 6) is -4.93. The maximum atomic E-state index is 12.6. The number of carbonyl (C=O) groups is 5. The Morgan fingerprint density at radius 3 is 1.87 bits per heavy atom. The number of hydrogen-bond acceptors (Lipinski definition) is 7. The van der Waals surface area contributed by atoms with Gasteiger partial charge in [-0.1, -0.05) is 13.8 Å². The van der Waals surface area contributed by atoms with Gasteiger partial charge >= 0.3 is 11.9 Å². The van der Waals surface area contributed by atoms with Gasteiger partial charge in [-0.15, -0.1) is 0 Å². The molecule has 0 bridgehead atoms. The van der Waals surface area contributed by atoms with Crippen LogP contribution in [-0.2, 0) is 24.0 Å². The molecule has 12 heteroatoms. The second-order valence-corrected chi connectivity index (χ2v) is 7.30. The van der Waals surface area contributed by atoms with E-state index in [2.05, 4.69) is 16.0 Å². The normalized spacial score (nSPS) is 13.8. The molecule has 0 heterocycles. The number of carboxylic acids is 2. The summed E-state index contributed by atoms with van der Waals surface area (Å²) >= 11 is 0. The van der Waals surface area contributed by atoms with Crippen LogP contribution >= 0.6 is 0 Å². The number of carbonyl (C=O) groups excluding carboxylic acids is 3. The zero-order valence-electron chi connectivity index (χ0n) is 17.3. The Kier molecular flexibility index (Phi) is 13.0. The molecule has 0 aromatic carbocycles. The quantitative estimate of drug-likeness (QED) is 0.144. The Morgan fingerprint density at radius 2 is 1.40 bits per heavy atom. The Bertz CT molecular complexity index is 612. The summed E-state index contributed by atoms with van der Waals surface area (Å²) in [6, 6.07) is -3.79. The molecular formula is C18H33N5O7. The summed E-state index contributed by atoms with van der Waals surface area (Å²) in [7, 11) is 0. The van der Waals surface area contributed by atoms with Crippen LogP contribution in [-0.4, -0.2) is 71.1 Å². The fourth-order valence-electron chi connectivity index (χ4n) is 2.63. The van der Waals surface area contributed by atoms with E-state index in [0.717, 1.165) is 0 Å². The van der Waals surface area contributed by atoms with Crippen LogP contribution in [0.4, 0.5) is 0 Å². The van der Waals surface area contributed by atoms with Crippen molar-refractivity contribution < 1.29 is 34.2 Å². The highest BCUT2D eigenvalue weighted by Gasteiger charge is 2.31. The Hall–Kier alpha value is -2.73. The Balaban J connectivity index is 5.31. The summed E-state index contributed by atoms with van der Waals surface area (Å²) in [6.07, 6.45) is 0.592. The van der Waals surface area contributed by atoms with Crippen molar-refractivity contribution in [3.63, 3.8) is 0 Å². The van der Waals surface area contributed by atoms with Crippen LogP contribution in [0.3, 0.4) is 0 Å². The van der Waals surface area contributed by atoms with E-state index >= 15 is 0 Å². The lowest BCUT2D eigenvalue weighted by Gasteiger charge is -2.24. The Morgan fingerprint density at radius 1 is 0.833 bits per heavy atom. The van der Waals surface area contributed by atoms with Gasteiger partial charge in [-0.2, -0.15) is 0 Å². The highest BCUT2D eigenvalue weighted by atomic mass is 16.4. The van der Waals surface area contributed by atoms with E-state index in [1.165, 1.54) is 0 Å². The minimum Gasteiger partial charge on any atom is -0.481 e. The predicted molar refractivity (Wildman–Crippen MR) is 107 cm³/mol. The predicted octanol–water partition coefficient (Wildman–Crippen LogP) is -1.87. The van der Waals surface area contributed by atoms with E-state index in [1.54, 1.807) is 0 Å². The van der Waals surface area contributed by atoms with Gasteiger partial charge in [0.25, 0.3) is 0 Å². The van der Waals surface area contributed by atoms with Gasteiger partial charge in [-0.3, -0.25) is 19.2 Å². The molecule has 0 aromatic heterocycles. The Labute approximate surface area is 175 Å². The standard InChI is InChI=1S/C18H33N5O7/c1-10(2)7-12(21-14(24)9-20)16(27)23-13(8-15(25)26)17(28)22-11(18(29)30)5-3-4-6-19/h10-13H,3-9,19-20H2,1-2H3,(H,21,24)(H,22,28)(H,23,27)(H,25,26)(H,29,30). The van der Waals surface area contributed by atoms with Crippen LogP contribution < -0.4 is 27.4 Å². The molecule has 0 fully saturated rings. The molecule has 12 nitrogen and oxygen atoms in total. The van der Waals surface area contributed by atoms with E-state index in [0.29, 0.717) is 19.4 Å². The molecule has 0 spiro atoms. The fourth-order valence-corrected chi connectivity index (χ4v) is 2.63. The van der Waals surface area contributed by atoms with E-state index in [4.69, 9.17) is 16.6 Å². The van der Waals surface area contributed by atoms with Gasteiger partial charge in [0.1, 0.15) is 18.1 Å². The largest absolute Gasteiger partial charge is 0.481 e. The zero-order valence-corrected chi connectivity index (χ0v) is 17.3. The average Bonchev–Trinajstić information content (AvgIpc) is 2.64. The van der Waals surface area contributed by atoms with Gasteiger partial charge in [0.2, 0.25) is 17.7 Å². The topological polar surface area (TPSA) is 214 Å². The lowest BCUT2D eigenvalue weighted by Crippen LogP contribution is -2.56. The van der Waals surface area contributed by atoms with Crippen LogP contribution in [0.15, 0.2) is 0 Å². The second kappa shape index (κ2) is 14.3. The van der Waals surface area contributed by atoms with Gasteiger partial charge in [0.05, 0.1) is 13.0 Å². The van der Waals surface area contributed by atoms with Gasteiger partial charge < -0.3 is 37.6 Å². The number of rotatable bonds is 15. The van der Waals surface area contributed by atoms with Crippen molar-refractivity contribution in [3.8, 4) is 0 Å². The highest BCUT2D eigenvalue weighted by molar-refractivity contribution is 5.95. The van der Waals surface area contributed by atoms with Gasteiger partial charge in [-0.05, 0) is 38.1 Å². The molecule has 0 aliphatic heterocycles. The van der Waals surface area contributed by atoms with Crippen molar-refractivity contribution in [1.29, 1.82) is 0 Å². The molecule has 3 unspecified atom stereocenters. The molecule has 30 heavy (non-hydrogen) atoms. The van der Waals surface area contributed by atoms with Gasteiger partial charge in [-0.25, -0.2) is 4.79 Å². The van der Waals surface area contributed by atoms with E-state index in [1.807, 2.05) is 13.8 Å². The summed E-state index contributed by atoms with van der Waals surface area (Å²) in [5.41, 5.74) is 10.6. The maximum Gasteiger partial charge on any atom is 0.326 e. The monoisotopic (exact) mass is 431 g/mol. The number of aliphatic carboxylic acids is 2. The molecule has 0 rings (SSSR count). The molecular weight excluding hydrogens is 398 g/mol. The minimum absolute atomic E-state index is 0.00418. The van der Waals surface area contributed by atoms with Gasteiger partial charge in [0.15, 0.2) is 0 Å². The van der Waals surface area contributed by atoms with E-state index < -0.39 is 54.2 Å². The number of hydrogen-bond donors (Lipinski definition) is 7. The molecule has 9 N–H and O–H groups in total. The van der Waals surface area contributed by atoms with Crippen molar-refractivity contribution in [2.45, 2.75) is 64.1 Å². The first-order valence-corrected chi connectivity index (χ1v) is 9.76. The molecule has 0 saturated heterocycles. The number of nitrogens with two attached hydrogens (primary N) is 2. The van der Waals surface area contributed by atoms with Crippen LogP contribution in [0.5, 0.6) is 0 Å². The van der Waals surface area contributed by atoms with Crippen molar-refractivity contribution in [3.05, 3.63) is 0 Å². The SMILES string of the molecule is CC(C)CC(NC(=O)CN)C(=O)NC(CC(=O)O)C(=O)NC(CCCCN)C(=O)O. The lowest BCUT2D eigenvalue weighted by atomic mass is 10.0. The van der Waals surface area contributed by atoms with Gasteiger partial charge in [0, 0.05) is 0 Å². The summed E-state index contributed by atoms with van der Waals surface area (Å²) in [4.78, 5) is 59.2. The molecule has 3 atom stereocenters. The molecule has 0 aliphatic rings. The fraction of sp³-hybridized carbons (Fsp3) is 0.722. The van der Waals surface area contributed by atoms with Crippen molar-refractivity contribution in [2.24, 2.45) is 17.4 Å². The number of unbranched alkanes of at least 4 members (excludes halogenated alkanes) is 1. The van der Waals surface area contributed by atoms with Crippen LogP contribution in [0.25, 0.3) is 0 Å². The lowest BCUT2D eigenvalue weighted by molar-refractivity contribution is -0.143. The summed E-state index contributed by atoms with van der Waals surface area (Å²) < 4.78 is 0. The third-order valence-electron chi connectivity index (χ3n) is 4.12. The average molecular weight is 431 g/mol. The first-order valence-electron chi connectivity index (χ1n) is 9.76. The molecule has 0 aromatic rings. The zero-order chi connectivity index (χ0) is 23.3. The first-order chi connectivity index (χ1) is 14.0. The molecule has 172 valence electrons. The number of amides is 3. The van der Waals surface area contributed by atoms with Crippen molar-refractivity contribution in [1.82, 2.24) is 16.0 Å². The molecule has 3 amide bonds. The third kappa shape index (κ3) is 11.3. The summed E-state index contributed by atoms with van der Waals surface area (Å²) in [5, 5.41) is 25.3. The molecule has 0 aliphatic carbocycles. The minimum atomic E-state index is -1.52. The molecule has 0 saturated carbocycles. The maximum absolute atomic E-state index is 12.6.